The Kier molecular flexibility index (Phi) is 4.93. The number of nitrogens with one attached hydrogen (secondary N) is 1. The largest absolute Gasteiger partial charge is 0.337 e. The molecule has 2 heterocycles. The van der Waals surface area contributed by atoms with Crippen molar-refractivity contribution in [2.24, 2.45) is 0 Å². The van der Waals surface area contributed by atoms with Crippen LogP contribution >= 0.6 is 22.9 Å². The third kappa shape index (κ3) is 3.89. The summed E-state index contributed by atoms with van der Waals surface area (Å²) in [5.41, 5.74) is 0.886. The molecule has 1 aromatic carbocycles. The number of benzene rings is 1. The quantitative estimate of drug-likeness (QED) is 0.919. The number of aromatic nitrogens is 1. The van der Waals surface area contributed by atoms with Gasteiger partial charge in [0.05, 0.1) is 0 Å². The first kappa shape index (κ1) is 16.0. The summed E-state index contributed by atoms with van der Waals surface area (Å²) in [6.07, 6.45) is 3.25. The smallest absolute Gasteiger partial charge is 0.273 e. The van der Waals surface area contributed by atoms with E-state index in [-0.39, 0.29) is 11.8 Å². The zero-order valence-corrected chi connectivity index (χ0v) is 14.0. The van der Waals surface area contributed by atoms with Crippen LogP contribution in [-0.2, 0) is 0 Å². The standard InChI is InChI=1S/C16H16ClN3O2S/c17-12-6-4-11(5-7-12)14(21)19-16-18-13(10-23-16)15(22)20-8-2-1-3-9-20/h4-7,10H,1-3,8-9H2,(H,18,19,21). The minimum absolute atomic E-state index is 0.0621. The van der Waals surface area contributed by atoms with Crippen molar-refractivity contribution < 1.29 is 9.59 Å². The molecule has 0 radical (unpaired) electrons. The van der Waals surface area contributed by atoms with Gasteiger partial charge in [0.1, 0.15) is 5.69 Å². The van der Waals surface area contributed by atoms with Gasteiger partial charge in [0.25, 0.3) is 11.8 Å². The van der Waals surface area contributed by atoms with E-state index in [0.29, 0.717) is 21.4 Å². The number of rotatable bonds is 3. The van der Waals surface area contributed by atoms with E-state index in [4.69, 9.17) is 11.6 Å². The molecule has 0 atom stereocenters. The summed E-state index contributed by atoms with van der Waals surface area (Å²) in [5.74, 6) is -0.332. The Bertz CT molecular complexity index is 708. The van der Waals surface area contributed by atoms with Crippen molar-refractivity contribution in [3.63, 3.8) is 0 Å². The number of anilines is 1. The van der Waals surface area contributed by atoms with Gasteiger partial charge in [0.2, 0.25) is 0 Å². The molecule has 2 aromatic rings. The summed E-state index contributed by atoms with van der Waals surface area (Å²) in [7, 11) is 0. The molecule has 23 heavy (non-hydrogen) atoms. The van der Waals surface area contributed by atoms with Crippen LogP contribution in [-0.4, -0.2) is 34.8 Å². The summed E-state index contributed by atoms with van der Waals surface area (Å²) < 4.78 is 0. The summed E-state index contributed by atoms with van der Waals surface area (Å²) in [4.78, 5) is 30.5. The summed E-state index contributed by atoms with van der Waals surface area (Å²) >= 11 is 7.06. The maximum Gasteiger partial charge on any atom is 0.273 e. The van der Waals surface area contributed by atoms with Gasteiger partial charge >= 0.3 is 0 Å². The van der Waals surface area contributed by atoms with Gasteiger partial charge in [-0.15, -0.1) is 11.3 Å². The summed E-state index contributed by atoms with van der Waals surface area (Å²) in [6.45, 7) is 1.56. The first-order valence-electron chi connectivity index (χ1n) is 7.45. The second-order valence-electron chi connectivity index (χ2n) is 5.35. The molecule has 120 valence electrons. The number of likely N-dealkylation sites (tertiary alicyclic amines) is 1. The number of piperidine rings is 1. The lowest BCUT2D eigenvalue weighted by molar-refractivity contribution is 0.0719. The van der Waals surface area contributed by atoms with E-state index >= 15 is 0 Å². The van der Waals surface area contributed by atoms with Crippen molar-refractivity contribution in [2.45, 2.75) is 19.3 Å². The highest BCUT2D eigenvalue weighted by atomic mass is 35.5. The molecule has 5 nitrogen and oxygen atoms in total. The van der Waals surface area contributed by atoms with E-state index in [1.54, 1.807) is 29.6 Å². The van der Waals surface area contributed by atoms with Gasteiger partial charge in [-0.05, 0) is 43.5 Å². The Hall–Kier alpha value is -1.92. The number of hydrogen-bond donors (Lipinski definition) is 1. The van der Waals surface area contributed by atoms with E-state index in [9.17, 15) is 9.59 Å². The highest BCUT2D eigenvalue weighted by Gasteiger charge is 2.21. The van der Waals surface area contributed by atoms with E-state index in [0.717, 1.165) is 25.9 Å². The minimum atomic E-state index is -0.270. The highest BCUT2D eigenvalue weighted by molar-refractivity contribution is 7.14. The SMILES string of the molecule is O=C(Nc1nc(C(=O)N2CCCCC2)cs1)c1ccc(Cl)cc1. The van der Waals surface area contributed by atoms with Crippen LogP contribution in [0.15, 0.2) is 29.6 Å². The first-order chi connectivity index (χ1) is 11.1. The van der Waals surface area contributed by atoms with E-state index in [1.165, 1.54) is 17.8 Å². The Balaban J connectivity index is 1.65. The van der Waals surface area contributed by atoms with Gasteiger partial charge in [-0.1, -0.05) is 11.6 Å². The topological polar surface area (TPSA) is 62.3 Å². The van der Waals surface area contributed by atoms with Crippen LogP contribution in [0, 0.1) is 0 Å². The number of thiazole rings is 1. The highest BCUT2D eigenvalue weighted by Crippen LogP contribution is 2.20. The van der Waals surface area contributed by atoms with Crippen LogP contribution in [0.1, 0.15) is 40.1 Å². The second kappa shape index (κ2) is 7.10. The van der Waals surface area contributed by atoms with Gasteiger partial charge in [0.15, 0.2) is 5.13 Å². The van der Waals surface area contributed by atoms with Crippen LogP contribution in [0.25, 0.3) is 0 Å². The third-order valence-electron chi connectivity index (χ3n) is 3.69. The molecule has 0 bridgehead atoms. The molecule has 1 aliphatic heterocycles. The van der Waals surface area contributed by atoms with Crippen LogP contribution < -0.4 is 5.32 Å². The predicted octanol–water partition coefficient (Wildman–Crippen LogP) is 3.67. The van der Waals surface area contributed by atoms with Crippen LogP contribution in [0.2, 0.25) is 5.02 Å². The van der Waals surface area contributed by atoms with Crippen LogP contribution in [0.5, 0.6) is 0 Å². The molecule has 0 saturated carbocycles. The molecule has 1 N–H and O–H groups in total. The third-order valence-corrected chi connectivity index (χ3v) is 4.70. The van der Waals surface area contributed by atoms with E-state index in [1.807, 2.05) is 4.90 Å². The normalized spacial score (nSPS) is 14.6. The maximum atomic E-state index is 12.3. The average Bonchev–Trinajstić information content (AvgIpc) is 3.04. The molecule has 3 rings (SSSR count). The zero-order chi connectivity index (χ0) is 16.2. The van der Waals surface area contributed by atoms with Gasteiger partial charge < -0.3 is 4.90 Å². The molecule has 1 fully saturated rings. The number of carbonyl (C=O) groups is 2. The van der Waals surface area contributed by atoms with Crippen molar-refractivity contribution in [1.29, 1.82) is 0 Å². The Labute approximate surface area is 143 Å². The molecule has 1 saturated heterocycles. The molecule has 1 aliphatic rings. The maximum absolute atomic E-state index is 12.3. The summed E-state index contributed by atoms with van der Waals surface area (Å²) in [5, 5.41) is 5.40. The molecule has 2 amide bonds. The lowest BCUT2D eigenvalue weighted by atomic mass is 10.1. The van der Waals surface area contributed by atoms with Crippen molar-refractivity contribution in [3.05, 3.63) is 45.9 Å². The molecular weight excluding hydrogens is 334 g/mol. The van der Waals surface area contributed by atoms with Crippen LogP contribution in [0.4, 0.5) is 5.13 Å². The number of carbonyl (C=O) groups excluding carboxylic acids is 2. The fraction of sp³-hybridized carbons (Fsp3) is 0.312. The lowest BCUT2D eigenvalue weighted by Crippen LogP contribution is -2.35. The molecular formula is C16H16ClN3O2S. The molecule has 0 spiro atoms. The minimum Gasteiger partial charge on any atom is -0.337 e. The van der Waals surface area contributed by atoms with E-state index in [2.05, 4.69) is 10.3 Å². The van der Waals surface area contributed by atoms with Crippen molar-refractivity contribution in [1.82, 2.24) is 9.88 Å². The van der Waals surface area contributed by atoms with Crippen molar-refractivity contribution in [2.75, 3.05) is 18.4 Å². The van der Waals surface area contributed by atoms with Gasteiger partial charge in [-0.3, -0.25) is 14.9 Å². The van der Waals surface area contributed by atoms with E-state index < -0.39 is 0 Å². The first-order valence-corrected chi connectivity index (χ1v) is 8.71. The van der Waals surface area contributed by atoms with Gasteiger partial charge in [-0.25, -0.2) is 4.98 Å². The molecule has 1 aromatic heterocycles. The fourth-order valence-corrected chi connectivity index (χ4v) is 3.26. The van der Waals surface area contributed by atoms with Crippen LogP contribution in [0.3, 0.4) is 0 Å². The monoisotopic (exact) mass is 349 g/mol. The molecule has 0 unspecified atom stereocenters. The Morgan fingerprint density at radius 2 is 1.83 bits per heavy atom. The average molecular weight is 350 g/mol. The predicted molar refractivity (Wildman–Crippen MR) is 91.3 cm³/mol. The molecule has 0 aliphatic carbocycles. The van der Waals surface area contributed by atoms with Gasteiger partial charge in [0, 0.05) is 29.1 Å². The Morgan fingerprint density at radius 3 is 2.52 bits per heavy atom. The summed E-state index contributed by atoms with van der Waals surface area (Å²) in [6, 6.07) is 6.60. The molecule has 7 heteroatoms. The number of hydrogen-bond acceptors (Lipinski definition) is 4. The van der Waals surface area contributed by atoms with Crippen molar-refractivity contribution >= 4 is 39.9 Å². The fourth-order valence-electron chi connectivity index (χ4n) is 2.46. The number of halogens is 1. The Morgan fingerprint density at radius 1 is 1.13 bits per heavy atom. The number of amides is 2. The second-order valence-corrected chi connectivity index (χ2v) is 6.65. The number of nitrogens with zero attached hydrogens (tertiary/aromatic N) is 2. The van der Waals surface area contributed by atoms with Gasteiger partial charge in [-0.2, -0.15) is 0 Å². The zero-order valence-electron chi connectivity index (χ0n) is 12.4. The van der Waals surface area contributed by atoms with Crippen molar-refractivity contribution in [3.8, 4) is 0 Å². The lowest BCUT2D eigenvalue weighted by Gasteiger charge is -2.25.